The Labute approximate surface area is 56.2 Å². The molecule has 0 radical (unpaired) electrons. The number of nitrogens with zero attached hydrogens (tertiary/aromatic N) is 1. The summed E-state index contributed by atoms with van der Waals surface area (Å²) < 4.78 is 0. The average molecular weight is 121 g/mol. The minimum Gasteiger partial charge on any atom is -0.313 e. The highest BCUT2D eigenvalue weighted by Crippen LogP contribution is 2.19. The molecule has 1 aliphatic rings. The van der Waals surface area contributed by atoms with Gasteiger partial charge < -0.3 is 4.85 Å². The number of allylic oxidation sites excluding steroid dienone is 1. The molecule has 1 atom stereocenters. The van der Waals surface area contributed by atoms with Gasteiger partial charge in [0.05, 0.1) is 0 Å². The lowest BCUT2D eigenvalue weighted by atomic mass is 9.97. The molecule has 0 aliphatic heterocycles. The third-order valence-corrected chi connectivity index (χ3v) is 1.79. The molecule has 1 nitrogen and oxygen atoms in total. The molecule has 1 unspecified atom stereocenters. The number of hydrogen-bond donors (Lipinski definition) is 0. The fourth-order valence-electron chi connectivity index (χ4n) is 1.07. The van der Waals surface area contributed by atoms with Gasteiger partial charge in [-0.05, 0) is 13.3 Å². The van der Waals surface area contributed by atoms with Crippen LogP contribution >= 0.6 is 0 Å². The molecule has 1 rings (SSSR count). The molecule has 1 heteroatoms. The van der Waals surface area contributed by atoms with Gasteiger partial charge in [0.25, 0.3) is 0 Å². The first kappa shape index (κ1) is 6.35. The second kappa shape index (κ2) is 2.68. The summed E-state index contributed by atoms with van der Waals surface area (Å²) in [6.07, 6.45) is 5.38. The van der Waals surface area contributed by atoms with Crippen molar-refractivity contribution in [2.45, 2.75) is 32.2 Å². The maximum Gasteiger partial charge on any atom is 0.227 e. The van der Waals surface area contributed by atoms with Gasteiger partial charge in [0.1, 0.15) is 0 Å². The third-order valence-electron chi connectivity index (χ3n) is 1.79. The molecule has 9 heavy (non-hydrogen) atoms. The van der Waals surface area contributed by atoms with Crippen LogP contribution in [0.4, 0.5) is 0 Å². The second-order valence-corrected chi connectivity index (χ2v) is 2.61. The van der Waals surface area contributed by atoms with E-state index in [4.69, 9.17) is 6.57 Å². The zero-order chi connectivity index (χ0) is 6.69. The van der Waals surface area contributed by atoms with Gasteiger partial charge in [-0.15, -0.1) is 0 Å². The molecule has 0 fully saturated rings. The Bertz CT molecular complexity index is 162. The zero-order valence-electron chi connectivity index (χ0n) is 5.72. The third kappa shape index (κ3) is 1.57. The minimum atomic E-state index is 0.286. The largest absolute Gasteiger partial charge is 0.313 e. The number of rotatable bonds is 0. The first-order valence-corrected chi connectivity index (χ1v) is 3.35. The van der Waals surface area contributed by atoms with Crippen molar-refractivity contribution < 1.29 is 0 Å². The van der Waals surface area contributed by atoms with Crippen molar-refractivity contribution in [1.82, 2.24) is 0 Å². The van der Waals surface area contributed by atoms with E-state index in [0.29, 0.717) is 0 Å². The van der Waals surface area contributed by atoms with Crippen molar-refractivity contribution in [1.29, 1.82) is 0 Å². The van der Waals surface area contributed by atoms with Crippen LogP contribution < -0.4 is 0 Å². The van der Waals surface area contributed by atoms with Gasteiger partial charge >= 0.3 is 0 Å². The van der Waals surface area contributed by atoms with Crippen molar-refractivity contribution in [3.05, 3.63) is 23.1 Å². The van der Waals surface area contributed by atoms with Gasteiger partial charge in [-0.3, -0.25) is 0 Å². The van der Waals surface area contributed by atoms with Crippen LogP contribution in [0.2, 0.25) is 0 Å². The van der Waals surface area contributed by atoms with Gasteiger partial charge in [-0.1, -0.05) is 11.6 Å². The van der Waals surface area contributed by atoms with E-state index in [1.807, 2.05) is 0 Å². The van der Waals surface area contributed by atoms with Gasteiger partial charge in [0, 0.05) is 12.8 Å². The van der Waals surface area contributed by atoms with Crippen LogP contribution in [0.5, 0.6) is 0 Å². The molecule has 0 heterocycles. The topological polar surface area (TPSA) is 4.36 Å². The quantitative estimate of drug-likeness (QED) is 0.342. The van der Waals surface area contributed by atoms with E-state index in [9.17, 15) is 0 Å². The van der Waals surface area contributed by atoms with Crippen molar-refractivity contribution >= 4 is 0 Å². The lowest BCUT2D eigenvalue weighted by molar-refractivity contribution is 0.657. The molecule has 0 N–H and O–H groups in total. The Balaban J connectivity index is 2.48. The molecule has 0 bridgehead atoms. The summed E-state index contributed by atoms with van der Waals surface area (Å²) in [5.74, 6) is 0. The Morgan fingerprint density at radius 3 is 3.00 bits per heavy atom. The van der Waals surface area contributed by atoms with Crippen molar-refractivity contribution in [3.63, 3.8) is 0 Å². The van der Waals surface area contributed by atoms with Crippen LogP contribution in [0.25, 0.3) is 4.85 Å². The fraction of sp³-hybridized carbons (Fsp3) is 0.625. The van der Waals surface area contributed by atoms with E-state index in [-0.39, 0.29) is 6.04 Å². The summed E-state index contributed by atoms with van der Waals surface area (Å²) in [5, 5.41) is 0. The normalized spacial score (nSPS) is 26.7. The summed E-state index contributed by atoms with van der Waals surface area (Å²) in [5.41, 5.74) is 1.45. The predicted molar refractivity (Wildman–Crippen MR) is 38.0 cm³/mol. The van der Waals surface area contributed by atoms with Gasteiger partial charge in [0.2, 0.25) is 6.04 Å². The highest BCUT2D eigenvalue weighted by molar-refractivity contribution is 5.06. The molecular formula is C8H11N. The SMILES string of the molecule is [C-]#[N+]C1CC=C(C)CC1. The molecule has 0 aromatic carbocycles. The van der Waals surface area contributed by atoms with E-state index < -0.39 is 0 Å². The van der Waals surface area contributed by atoms with Crippen LogP contribution in [-0.2, 0) is 0 Å². The van der Waals surface area contributed by atoms with Crippen LogP contribution in [0.3, 0.4) is 0 Å². The smallest absolute Gasteiger partial charge is 0.227 e. The molecule has 0 saturated heterocycles. The second-order valence-electron chi connectivity index (χ2n) is 2.61. The van der Waals surface area contributed by atoms with E-state index in [0.717, 1.165) is 19.3 Å². The lowest BCUT2D eigenvalue weighted by Crippen LogP contribution is -2.04. The Hall–Kier alpha value is -0.770. The molecular weight excluding hydrogens is 110 g/mol. The summed E-state index contributed by atoms with van der Waals surface area (Å²) in [4.78, 5) is 3.49. The van der Waals surface area contributed by atoms with Crippen LogP contribution in [0.1, 0.15) is 26.2 Å². The van der Waals surface area contributed by atoms with Gasteiger partial charge in [-0.2, -0.15) is 0 Å². The standard InChI is InChI=1S/C8H11N/c1-7-3-5-8(9-2)6-4-7/h3,8H,4-6H2,1H3. The minimum absolute atomic E-state index is 0.286. The fourth-order valence-corrected chi connectivity index (χ4v) is 1.07. The molecule has 0 aromatic heterocycles. The van der Waals surface area contributed by atoms with Crippen molar-refractivity contribution in [2.24, 2.45) is 0 Å². The highest BCUT2D eigenvalue weighted by atomic mass is 14.7. The van der Waals surface area contributed by atoms with Crippen LogP contribution in [0.15, 0.2) is 11.6 Å². The molecule has 0 spiro atoms. The highest BCUT2D eigenvalue weighted by Gasteiger charge is 2.14. The predicted octanol–water partition coefficient (Wildman–Crippen LogP) is 2.40. The van der Waals surface area contributed by atoms with E-state index in [1.165, 1.54) is 5.57 Å². The van der Waals surface area contributed by atoms with E-state index in [2.05, 4.69) is 17.8 Å². The lowest BCUT2D eigenvalue weighted by Gasteiger charge is -2.09. The van der Waals surface area contributed by atoms with Crippen LogP contribution in [-0.4, -0.2) is 6.04 Å². The maximum absolute atomic E-state index is 6.76. The Kier molecular flexibility index (Phi) is 1.89. The summed E-state index contributed by atoms with van der Waals surface area (Å²) in [6, 6.07) is 0.286. The molecule has 0 saturated carbocycles. The van der Waals surface area contributed by atoms with Crippen LogP contribution in [0, 0.1) is 6.57 Å². The van der Waals surface area contributed by atoms with Crippen molar-refractivity contribution in [2.75, 3.05) is 0 Å². The first-order chi connectivity index (χ1) is 4.33. The summed E-state index contributed by atoms with van der Waals surface area (Å²) in [6.45, 7) is 8.90. The molecule has 0 amide bonds. The molecule has 48 valence electrons. The summed E-state index contributed by atoms with van der Waals surface area (Å²) >= 11 is 0. The Morgan fingerprint density at radius 1 is 1.78 bits per heavy atom. The molecule has 0 aromatic rings. The number of hydrogen-bond acceptors (Lipinski definition) is 0. The van der Waals surface area contributed by atoms with E-state index >= 15 is 0 Å². The Morgan fingerprint density at radius 2 is 2.56 bits per heavy atom. The monoisotopic (exact) mass is 121 g/mol. The molecule has 1 aliphatic carbocycles. The first-order valence-electron chi connectivity index (χ1n) is 3.35. The van der Waals surface area contributed by atoms with Crippen molar-refractivity contribution in [3.8, 4) is 0 Å². The average Bonchev–Trinajstić information content (AvgIpc) is 1.90. The summed E-state index contributed by atoms with van der Waals surface area (Å²) in [7, 11) is 0. The van der Waals surface area contributed by atoms with E-state index in [1.54, 1.807) is 0 Å². The maximum atomic E-state index is 6.76. The van der Waals surface area contributed by atoms with Gasteiger partial charge in [0.15, 0.2) is 0 Å². The zero-order valence-corrected chi connectivity index (χ0v) is 5.72. The van der Waals surface area contributed by atoms with Gasteiger partial charge in [-0.25, -0.2) is 6.57 Å².